The van der Waals surface area contributed by atoms with Crippen molar-refractivity contribution in [3.63, 3.8) is 0 Å². The quantitative estimate of drug-likeness (QED) is 0.798. The van der Waals surface area contributed by atoms with E-state index in [1.807, 2.05) is 6.07 Å². The predicted octanol–water partition coefficient (Wildman–Crippen LogP) is 1.51. The Bertz CT molecular complexity index is 725. The first-order chi connectivity index (χ1) is 13.1. The molecule has 1 spiro atoms. The predicted molar refractivity (Wildman–Crippen MR) is 96.0 cm³/mol. The summed E-state index contributed by atoms with van der Waals surface area (Å²) >= 11 is 0. The van der Waals surface area contributed by atoms with Gasteiger partial charge >= 0.3 is 17.8 Å². The summed E-state index contributed by atoms with van der Waals surface area (Å²) < 4.78 is 17.2. The zero-order valence-corrected chi connectivity index (χ0v) is 15.1. The molecule has 1 aromatic rings. The van der Waals surface area contributed by atoms with E-state index in [0.717, 1.165) is 31.4 Å². The van der Waals surface area contributed by atoms with Crippen LogP contribution in [0, 0.1) is 0 Å². The molecule has 1 aliphatic carbocycles. The van der Waals surface area contributed by atoms with E-state index in [4.69, 9.17) is 14.2 Å². The molecule has 144 valence electrons. The van der Waals surface area contributed by atoms with Crippen LogP contribution < -0.4 is 15.0 Å². The molecule has 0 bridgehead atoms. The summed E-state index contributed by atoms with van der Waals surface area (Å²) in [5, 5.41) is 3.17. The lowest BCUT2D eigenvalue weighted by Crippen LogP contribution is -2.58. The number of hydrogen-bond acceptors (Lipinski definition) is 8. The summed E-state index contributed by atoms with van der Waals surface area (Å²) in [6.45, 7) is 1.41. The molecule has 0 amide bonds. The van der Waals surface area contributed by atoms with E-state index in [1.54, 1.807) is 17.3 Å². The largest absolute Gasteiger partial charge is 0.489 e. The summed E-state index contributed by atoms with van der Waals surface area (Å²) in [6, 6.07) is 1.86. The van der Waals surface area contributed by atoms with Crippen molar-refractivity contribution in [2.45, 2.75) is 44.1 Å². The SMILES string of the molecule is O=C1C=CC(=O)OC2(CNCCCN2c2cncc(OC3CCCC3)c2)O1. The number of aromatic nitrogens is 1. The fourth-order valence-electron chi connectivity index (χ4n) is 3.74. The van der Waals surface area contributed by atoms with E-state index in [2.05, 4.69) is 10.3 Å². The van der Waals surface area contributed by atoms with Gasteiger partial charge in [-0.2, -0.15) is 0 Å². The topological polar surface area (TPSA) is 90.0 Å². The lowest BCUT2D eigenvalue weighted by Gasteiger charge is -2.40. The van der Waals surface area contributed by atoms with Crippen molar-refractivity contribution < 1.29 is 23.8 Å². The number of carbonyl (C=O) groups excluding carboxylic acids is 2. The number of rotatable bonds is 3. The Morgan fingerprint density at radius 1 is 1.11 bits per heavy atom. The van der Waals surface area contributed by atoms with Crippen molar-refractivity contribution in [2.75, 3.05) is 24.5 Å². The molecule has 1 N–H and O–H groups in total. The molecule has 0 unspecified atom stereocenters. The molecule has 0 radical (unpaired) electrons. The number of esters is 2. The van der Waals surface area contributed by atoms with Crippen LogP contribution in [0.5, 0.6) is 5.75 Å². The standard InChI is InChI=1S/C19H23N3O5/c23-17-6-7-18(24)27-19(26-17)13-20-8-3-9-22(19)14-10-16(12-21-11-14)25-15-4-1-2-5-15/h6-7,10-12,15,20H,1-5,8-9,13H2. The number of anilines is 1. The van der Waals surface area contributed by atoms with E-state index in [-0.39, 0.29) is 12.6 Å². The maximum absolute atomic E-state index is 12.1. The summed E-state index contributed by atoms with van der Waals surface area (Å²) in [5.41, 5.74) is 0.677. The second-order valence-corrected chi connectivity index (χ2v) is 6.97. The Labute approximate surface area is 157 Å². The third-order valence-electron chi connectivity index (χ3n) is 4.99. The Hall–Kier alpha value is -2.61. The van der Waals surface area contributed by atoms with Crippen molar-refractivity contribution in [3.8, 4) is 5.75 Å². The van der Waals surface area contributed by atoms with Gasteiger partial charge in [0.05, 0.1) is 30.7 Å². The highest BCUT2D eigenvalue weighted by atomic mass is 16.8. The first-order valence-electron chi connectivity index (χ1n) is 9.39. The molecular weight excluding hydrogens is 350 g/mol. The molecule has 1 saturated heterocycles. The molecule has 3 heterocycles. The number of nitrogens with zero attached hydrogens (tertiary/aromatic N) is 2. The van der Waals surface area contributed by atoms with Crippen LogP contribution in [0.15, 0.2) is 30.6 Å². The summed E-state index contributed by atoms with van der Waals surface area (Å²) in [6.07, 6.45) is 10.9. The summed E-state index contributed by atoms with van der Waals surface area (Å²) in [7, 11) is 0. The van der Waals surface area contributed by atoms with Crippen LogP contribution in [0.2, 0.25) is 0 Å². The summed E-state index contributed by atoms with van der Waals surface area (Å²) in [5.74, 6) is -2.14. The number of carbonyl (C=O) groups is 2. The van der Waals surface area contributed by atoms with Crippen molar-refractivity contribution in [3.05, 3.63) is 30.6 Å². The number of nitrogens with one attached hydrogen (secondary N) is 1. The lowest BCUT2D eigenvalue weighted by molar-refractivity contribution is -0.217. The minimum Gasteiger partial charge on any atom is -0.489 e. The highest BCUT2D eigenvalue weighted by molar-refractivity contribution is 5.93. The highest BCUT2D eigenvalue weighted by Gasteiger charge is 2.47. The Kier molecular flexibility index (Phi) is 4.98. The highest BCUT2D eigenvalue weighted by Crippen LogP contribution is 2.32. The van der Waals surface area contributed by atoms with E-state index < -0.39 is 17.8 Å². The monoisotopic (exact) mass is 373 g/mol. The molecule has 2 fully saturated rings. The van der Waals surface area contributed by atoms with Gasteiger partial charge in [0.15, 0.2) is 0 Å². The van der Waals surface area contributed by atoms with E-state index in [1.165, 1.54) is 12.8 Å². The molecule has 27 heavy (non-hydrogen) atoms. The van der Waals surface area contributed by atoms with Crippen LogP contribution in [0.25, 0.3) is 0 Å². The Morgan fingerprint density at radius 3 is 2.59 bits per heavy atom. The molecule has 2 aliphatic heterocycles. The third kappa shape index (κ3) is 3.90. The first-order valence-corrected chi connectivity index (χ1v) is 9.39. The molecular formula is C19H23N3O5. The molecule has 4 rings (SSSR count). The zero-order chi connectivity index (χ0) is 18.7. The number of hydrogen-bond donors (Lipinski definition) is 1. The molecule has 1 saturated carbocycles. The Balaban J connectivity index is 1.64. The van der Waals surface area contributed by atoms with Gasteiger partial charge in [-0.15, -0.1) is 0 Å². The summed E-state index contributed by atoms with van der Waals surface area (Å²) in [4.78, 5) is 30.2. The smallest absolute Gasteiger partial charge is 0.356 e. The molecule has 1 aromatic heterocycles. The average molecular weight is 373 g/mol. The lowest BCUT2D eigenvalue weighted by atomic mass is 10.2. The van der Waals surface area contributed by atoms with E-state index in [0.29, 0.717) is 24.5 Å². The second-order valence-electron chi connectivity index (χ2n) is 6.97. The van der Waals surface area contributed by atoms with E-state index in [9.17, 15) is 9.59 Å². The van der Waals surface area contributed by atoms with Crippen LogP contribution in [0.4, 0.5) is 5.69 Å². The van der Waals surface area contributed by atoms with Gasteiger partial charge in [0.2, 0.25) is 0 Å². The van der Waals surface area contributed by atoms with Gasteiger partial charge in [-0.25, -0.2) is 9.59 Å². The Morgan fingerprint density at radius 2 is 1.85 bits per heavy atom. The molecule has 8 heteroatoms. The van der Waals surface area contributed by atoms with E-state index >= 15 is 0 Å². The minimum atomic E-state index is -1.55. The van der Waals surface area contributed by atoms with Crippen LogP contribution >= 0.6 is 0 Å². The maximum Gasteiger partial charge on any atom is 0.356 e. The minimum absolute atomic E-state index is 0.167. The van der Waals surface area contributed by atoms with Crippen LogP contribution in [0.1, 0.15) is 32.1 Å². The molecule has 8 nitrogen and oxygen atoms in total. The molecule has 0 aromatic carbocycles. The van der Waals surface area contributed by atoms with Crippen molar-refractivity contribution in [1.82, 2.24) is 10.3 Å². The van der Waals surface area contributed by atoms with Gasteiger partial charge in [-0.1, -0.05) is 0 Å². The van der Waals surface area contributed by atoms with Gasteiger partial charge < -0.3 is 19.5 Å². The fraction of sp³-hybridized carbons (Fsp3) is 0.526. The van der Waals surface area contributed by atoms with Crippen molar-refractivity contribution >= 4 is 17.6 Å². The van der Waals surface area contributed by atoms with Gasteiger partial charge in [0, 0.05) is 24.8 Å². The van der Waals surface area contributed by atoms with Gasteiger partial charge in [0.1, 0.15) is 5.75 Å². The van der Waals surface area contributed by atoms with Gasteiger partial charge in [0.25, 0.3) is 0 Å². The van der Waals surface area contributed by atoms with Crippen LogP contribution in [0.3, 0.4) is 0 Å². The zero-order valence-electron chi connectivity index (χ0n) is 15.1. The first kappa shape index (κ1) is 17.8. The fourth-order valence-corrected chi connectivity index (χ4v) is 3.74. The van der Waals surface area contributed by atoms with Gasteiger partial charge in [-0.3, -0.25) is 9.88 Å². The van der Waals surface area contributed by atoms with Crippen molar-refractivity contribution in [2.24, 2.45) is 0 Å². The average Bonchev–Trinajstić information content (AvgIpc) is 3.01. The number of pyridine rings is 1. The van der Waals surface area contributed by atoms with Gasteiger partial charge in [-0.05, 0) is 38.6 Å². The third-order valence-corrected chi connectivity index (χ3v) is 4.99. The molecule has 3 aliphatic rings. The normalized spacial score (nSPS) is 22.9. The van der Waals surface area contributed by atoms with Crippen LogP contribution in [-0.2, 0) is 19.1 Å². The molecule has 0 atom stereocenters. The number of ether oxygens (including phenoxy) is 3. The van der Waals surface area contributed by atoms with Crippen LogP contribution in [-0.4, -0.2) is 48.6 Å². The van der Waals surface area contributed by atoms with Crippen molar-refractivity contribution in [1.29, 1.82) is 0 Å². The maximum atomic E-state index is 12.1. The second kappa shape index (κ2) is 7.56.